The van der Waals surface area contributed by atoms with E-state index in [1.54, 1.807) is 4.90 Å². The van der Waals surface area contributed by atoms with Crippen LogP contribution in [0.2, 0.25) is 0 Å². The van der Waals surface area contributed by atoms with Crippen LogP contribution in [0.15, 0.2) is 60.7 Å². The Balaban J connectivity index is 1.57. The summed E-state index contributed by atoms with van der Waals surface area (Å²) in [4.78, 5) is 16.3. The summed E-state index contributed by atoms with van der Waals surface area (Å²) in [5.74, 6) is -0.164. The van der Waals surface area contributed by atoms with Gasteiger partial charge in [-0.15, -0.1) is 0 Å². The molecule has 3 rings (SSSR count). The maximum Gasteiger partial charge on any atom is 0.411 e. The topological polar surface area (TPSA) is 32.8 Å². The Morgan fingerprint density at radius 2 is 1.41 bits per heavy atom. The third-order valence-corrected chi connectivity index (χ3v) is 4.99. The minimum atomic E-state index is -4.36. The Bertz CT molecular complexity index is 721. The van der Waals surface area contributed by atoms with Crippen LogP contribution in [0.4, 0.5) is 13.2 Å². The molecule has 0 radical (unpaired) electrons. The van der Waals surface area contributed by atoms with Crippen molar-refractivity contribution >= 4 is 5.91 Å². The van der Waals surface area contributed by atoms with E-state index < -0.39 is 12.8 Å². The molecule has 7 heteroatoms. The van der Waals surface area contributed by atoms with Crippen LogP contribution in [0.1, 0.15) is 23.6 Å². The first-order chi connectivity index (χ1) is 13.9. The van der Waals surface area contributed by atoms with Crippen LogP contribution in [-0.4, -0.2) is 61.3 Å². The van der Waals surface area contributed by atoms with Crippen LogP contribution < -0.4 is 0 Å². The molecule has 0 aromatic heterocycles. The summed E-state index contributed by atoms with van der Waals surface area (Å²) in [5, 5.41) is 0. The van der Waals surface area contributed by atoms with Crippen molar-refractivity contribution in [2.75, 3.05) is 39.4 Å². The van der Waals surface area contributed by atoms with E-state index in [0.717, 1.165) is 0 Å². The van der Waals surface area contributed by atoms with Gasteiger partial charge >= 0.3 is 6.18 Å². The van der Waals surface area contributed by atoms with Crippen LogP contribution >= 0.6 is 0 Å². The zero-order valence-electron chi connectivity index (χ0n) is 16.1. The van der Waals surface area contributed by atoms with Crippen LogP contribution in [0.25, 0.3) is 0 Å². The summed E-state index contributed by atoms with van der Waals surface area (Å²) in [6.07, 6.45) is -4.39. The molecule has 1 aliphatic heterocycles. The quantitative estimate of drug-likeness (QED) is 0.654. The maximum atomic E-state index is 12.3. The van der Waals surface area contributed by atoms with Crippen molar-refractivity contribution < 1.29 is 22.7 Å². The van der Waals surface area contributed by atoms with E-state index in [1.165, 1.54) is 11.1 Å². The lowest BCUT2D eigenvalue weighted by Crippen LogP contribution is -2.50. The summed E-state index contributed by atoms with van der Waals surface area (Å²) < 4.78 is 40.9. The molecule has 0 bridgehead atoms. The molecule has 156 valence electrons. The number of rotatable bonds is 7. The molecule has 0 saturated carbocycles. The van der Waals surface area contributed by atoms with Crippen molar-refractivity contribution in [3.8, 4) is 0 Å². The fourth-order valence-corrected chi connectivity index (χ4v) is 3.62. The fraction of sp³-hybridized carbons (Fsp3) is 0.409. The summed E-state index contributed by atoms with van der Waals surface area (Å²) in [5.41, 5.74) is 2.39. The Morgan fingerprint density at radius 3 is 1.90 bits per heavy atom. The van der Waals surface area contributed by atoms with Crippen molar-refractivity contribution in [3.63, 3.8) is 0 Å². The molecular weight excluding hydrogens is 381 g/mol. The van der Waals surface area contributed by atoms with E-state index in [-0.39, 0.29) is 25.0 Å². The number of carbonyl (C=O) groups excluding carboxylic acids is 1. The molecule has 1 amide bonds. The van der Waals surface area contributed by atoms with Crippen LogP contribution in [0, 0.1) is 0 Å². The molecule has 4 nitrogen and oxygen atoms in total. The highest BCUT2D eigenvalue weighted by Gasteiger charge is 2.29. The lowest BCUT2D eigenvalue weighted by molar-refractivity contribution is -0.175. The lowest BCUT2D eigenvalue weighted by atomic mass is 9.96. The number of alkyl halides is 3. The van der Waals surface area contributed by atoms with Gasteiger partial charge in [-0.1, -0.05) is 60.7 Å². The summed E-state index contributed by atoms with van der Waals surface area (Å²) in [7, 11) is 0. The smallest absolute Gasteiger partial charge is 0.372 e. The van der Waals surface area contributed by atoms with Gasteiger partial charge in [-0.05, 0) is 11.1 Å². The van der Waals surface area contributed by atoms with Gasteiger partial charge in [-0.25, -0.2) is 0 Å². The van der Waals surface area contributed by atoms with Crippen molar-refractivity contribution in [1.82, 2.24) is 9.80 Å². The van der Waals surface area contributed by atoms with E-state index in [4.69, 9.17) is 0 Å². The average molecular weight is 406 g/mol. The zero-order valence-corrected chi connectivity index (χ0v) is 16.1. The van der Waals surface area contributed by atoms with Gasteiger partial charge in [-0.3, -0.25) is 9.69 Å². The third kappa shape index (κ3) is 6.30. The Morgan fingerprint density at radius 1 is 0.897 bits per heavy atom. The molecule has 2 aromatic carbocycles. The molecule has 0 spiro atoms. The zero-order chi connectivity index (χ0) is 20.7. The Labute approximate surface area is 168 Å². The van der Waals surface area contributed by atoms with Crippen LogP contribution in [0.5, 0.6) is 0 Å². The minimum Gasteiger partial charge on any atom is -0.372 e. The summed E-state index contributed by atoms with van der Waals surface area (Å²) >= 11 is 0. The molecule has 1 aliphatic rings. The number of nitrogens with zero attached hydrogens (tertiary/aromatic N) is 2. The molecule has 0 atom stereocenters. The first-order valence-corrected chi connectivity index (χ1v) is 9.70. The van der Waals surface area contributed by atoms with Gasteiger partial charge in [0.05, 0.1) is 19.1 Å². The number of piperazine rings is 1. The van der Waals surface area contributed by atoms with Crippen molar-refractivity contribution in [2.24, 2.45) is 0 Å². The molecule has 29 heavy (non-hydrogen) atoms. The van der Waals surface area contributed by atoms with E-state index in [0.29, 0.717) is 26.2 Å². The molecular formula is C22H25F3N2O2. The van der Waals surface area contributed by atoms with Crippen LogP contribution in [0.3, 0.4) is 0 Å². The van der Waals surface area contributed by atoms with E-state index in [1.807, 2.05) is 36.4 Å². The first-order valence-electron chi connectivity index (χ1n) is 9.70. The van der Waals surface area contributed by atoms with Gasteiger partial charge in [0.1, 0.15) is 6.61 Å². The molecule has 0 N–H and O–H groups in total. The number of benzene rings is 2. The normalized spacial score (nSPS) is 15.7. The van der Waals surface area contributed by atoms with Crippen molar-refractivity contribution in [3.05, 3.63) is 71.8 Å². The maximum absolute atomic E-state index is 12.3. The number of amides is 1. The molecule has 1 fully saturated rings. The predicted molar refractivity (Wildman–Crippen MR) is 104 cm³/mol. The molecule has 0 aliphatic carbocycles. The van der Waals surface area contributed by atoms with Gasteiger partial charge < -0.3 is 9.64 Å². The standard InChI is InChI=1S/C22H25F3N2O2/c23-22(24,25)17-29-16-11-20(28)26-12-14-27(15-13-26)21(18-7-3-1-4-8-18)19-9-5-2-6-10-19/h1-10,21H,11-17H2. The highest BCUT2D eigenvalue weighted by molar-refractivity contribution is 5.76. The second kappa shape index (κ2) is 9.89. The molecule has 0 unspecified atom stereocenters. The van der Waals surface area contributed by atoms with Crippen molar-refractivity contribution in [1.29, 1.82) is 0 Å². The van der Waals surface area contributed by atoms with E-state index in [9.17, 15) is 18.0 Å². The van der Waals surface area contributed by atoms with Crippen LogP contribution in [-0.2, 0) is 9.53 Å². The second-order valence-electron chi connectivity index (χ2n) is 7.06. The largest absolute Gasteiger partial charge is 0.411 e. The lowest BCUT2D eigenvalue weighted by Gasteiger charge is -2.39. The van der Waals surface area contributed by atoms with E-state index >= 15 is 0 Å². The van der Waals surface area contributed by atoms with Gasteiger partial charge in [0.25, 0.3) is 0 Å². The first kappa shape index (κ1) is 21.3. The third-order valence-electron chi connectivity index (χ3n) is 4.99. The minimum absolute atomic E-state index is 0.0309. The monoisotopic (exact) mass is 406 g/mol. The summed E-state index contributed by atoms with van der Waals surface area (Å²) in [6, 6.07) is 20.6. The number of hydrogen-bond donors (Lipinski definition) is 0. The highest BCUT2D eigenvalue weighted by Crippen LogP contribution is 2.29. The highest BCUT2D eigenvalue weighted by atomic mass is 19.4. The fourth-order valence-electron chi connectivity index (χ4n) is 3.62. The average Bonchev–Trinajstić information content (AvgIpc) is 2.73. The summed E-state index contributed by atoms with van der Waals surface area (Å²) in [6.45, 7) is 0.967. The number of carbonyl (C=O) groups is 1. The number of halogens is 3. The second-order valence-corrected chi connectivity index (χ2v) is 7.06. The SMILES string of the molecule is O=C(CCOCC(F)(F)F)N1CCN(C(c2ccccc2)c2ccccc2)CC1. The van der Waals surface area contributed by atoms with Gasteiger partial charge in [0, 0.05) is 26.2 Å². The Kier molecular flexibility index (Phi) is 7.28. The van der Waals surface area contributed by atoms with Gasteiger partial charge in [0.15, 0.2) is 0 Å². The van der Waals surface area contributed by atoms with Gasteiger partial charge in [-0.2, -0.15) is 13.2 Å². The molecule has 2 aromatic rings. The number of ether oxygens (including phenoxy) is 1. The Hall–Kier alpha value is -2.38. The van der Waals surface area contributed by atoms with Crippen molar-refractivity contribution in [2.45, 2.75) is 18.6 Å². The van der Waals surface area contributed by atoms with E-state index in [2.05, 4.69) is 33.9 Å². The molecule has 1 saturated heterocycles. The number of hydrogen-bond acceptors (Lipinski definition) is 3. The molecule has 1 heterocycles. The predicted octanol–water partition coefficient (Wildman–Crippen LogP) is 3.89. The van der Waals surface area contributed by atoms with Gasteiger partial charge in [0.2, 0.25) is 5.91 Å².